The molecule has 3 aromatic rings. The molecule has 0 radical (unpaired) electrons. The summed E-state index contributed by atoms with van der Waals surface area (Å²) in [6.07, 6.45) is 0. The Morgan fingerprint density at radius 1 is 1.35 bits per heavy atom. The van der Waals surface area contributed by atoms with Crippen LogP contribution in [-0.4, -0.2) is 21.2 Å². The molecule has 2 heterocycles. The highest BCUT2D eigenvalue weighted by Gasteiger charge is 2.15. The normalized spacial score (nSPS) is 11.2. The van der Waals surface area contributed by atoms with Gasteiger partial charge in [0, 0.05) is 11.0 Å². The molecule has 5 nitrogen and oxygen atoms in total. The van der Waals surface area contributed by atoms with Crippen LogP contribution in [0.15, 0.2) is 50.1 Å². The van der Waals surface area contributed by atoms with Gasteiger partial charge in [0.05, 0.1) is 17.0 Å². The van der Waals surface area contributed by atoms with E-state index in [9.17, 15) is 9.59 Å². The summed E-state index contributed by atoms with van der Waals surface area (Å²) < 4.78 is 3.17. The second kappa shape index (κ2) is 8.37. The van der Waals surface area contributed by atoms with Crippen LogP contribution in [0.5, 0.6) is 0 Å². The van der Waals surface area contributed by atoms with Crippen LogP contribution < -0.4 is 10.9 Å². The van der Waals surface area contributed by atoms with Gasteiger partial charge in [-0.3, -0.25) is 14.2 Å². The van der Waals surface area contributed by atoms with Gasteiger partial charge in [-0.2, -0.15) is 0 Å². The molecule has 0 aliphatic heterocycles. The van der Waals surface area contributed by atoms with Crippen LogP contribution in [0.25, 0.3) is 10.2 Å². The number of nitrogens with zero attached hydrogens (tertiary/aromatic N) is 2. The first kappa shape index (κ1) is 19.1. The van der Waals surface area contributed by atoms with Gasteiger partial charge in [0.25, 0.3) is 5.56 Å². The van der Waals surface area contributed by atoms with E-state index in [1.165, 1.54) is 23.1 Å². The van der Waals surface area contributed by atoms with E-state index in [1.807, 2.05) is 35.7 Å². The van der Waals surface area contributed by atoms with Gasteiger partial charge in [-0.15, -0.1) is 11.3 Å². The van der Waals surface area contributed by atoms with Crippen LogP contribution in [0.4, 0.5) is 5.69 Å². The Balaban J connectivity index is 1.80. The summed E-state index contributed by atoms with van der Waals surface area (Å²) in [5, 5.41) is 5.32. The highest BCUT2D eigenvalue weighted by Crippen LogP contribution is 2.24. The van der Waals surface area contributed by atoms with Crippen LogP contribution >= 0.6 is 39.0 Å². The summed E-state index contributed by atoms with van der Waals surface area (Å²) in [5.41, 5.74) is 1.38. The molecule has 0 unspecified atom stereocenters. The molecule has 136 valence electrons. The highest BCUT2D eigenvalue weighted by molar-refractivity contribution is 9.10. The molecule has 8 heteroatoms. The van der Waals surface area contributed by atoms with Gasteiger partial charge >= 0.3 is 0 Å². The Morgan fingerprint density at radius 3 is 2.85 bits per heavy atom. The Morgan fingerprint density at radius 2 is 2.12 bits per heavy atom. The first-order valence-electron chi connectivity index (χ1n) is 8.11. The van der Waals surface area contributed by atoms with Crippen molar-refractivity contribution in [3.8, 4) is 0 Å². The Labute approximate surface area is 168 Å². The number of rotatable bonds is 6. The van der Waals surface area contributed by atoms with Crippen molar-refractivity contribution < 1.29 is 4.79 Å². The molecule has 0 fully saturated rings. The summed E-state index contributed by atoms with van der Waals surface area (Å²) in [6, 6.07) is 9.29. The smallest absolute Gasteiger partial charge is 0.272 e. The van der Waals surface area contributed by atoms with E-state index in [1.54, 1.807) is 4.57 Å². The van der Waals surface area contributed by atoms with Gasteiger partial charge in [-0.1, -0.05) is 37.7 Å². The van der Waals surface area contributed by atoms with Crippen LogP contribution in [0.2, 0.25) is 0 Å². The number of hydrogen-bond donors (Lipinski definition) is 1. The molecule has 2 aromatic heterocycles. The zero-order chi connectivity index (χ0) is 18.7. The van der Waals surface area contributed by atoms with Crippen LogP contribution in [-0.2, 0) is 11.3 Å². The molecule has 0 aliphatic carbocycles. The first-order valence-corrected chi connectivity index (χ1v) is 10.8. The fourth-order valence-corrected chi connectivity index (χ4v) is 4.41. The van der Waals surface area contributed by atoms with E-state index in [0.717, 1.165) is 10.2 Å². The van der Waals surface area contributed by atoms with Gasteiger partial charge in [0.2, 0.25) is 5.91 Å². The third-order valence-corrected chi connectivity index (χ3v) is 6.12. The van der Waals surface area contributed by atoms with Crippen LogP contribution in [0.3, 0.4) is 0 Å². The summed E-state index contributed by atoms with van der Waals surface area (Å²) in [6.45, 7) is 4.69. The lowest BCUT2D eigenvalue weighted by molar-refractivity contribution is -0.113. The summed E-state index contributed by atoms with van der Waals surface area (Å²) in [7, 11) is 0. The molecule has 0 atom stereocenters. The molecule has 1 aromatic carbocycles. The number of nitrogens with one attached hydrogen (secondary N) is 1. The second-order valence-corrected chi connectivity index (χ2v) is 8.87. The number of hydrogen-bond acceptors (Lipinski definition) is 5. The van der Waals surface area contributed by atoms with E-state index in [-0.39, 0.29) is 17.2 Å². The lowest BCUT2D eigenvalue weighted by atomic mass is 10.2. The SMILES string of the molecule is CC(C)Cn1c(SCC(=O)Nc2ccccc2Br)nc2ccsc2c1=O. The van der Waals surface area contributed by atoms with E-state index >= 15 is 0 Å². The number of carbonyl (C=O) groups is 1. The zero-order valence-corrected chi connectivity index (χ0v) is 17.6. The van der Waals surface area contributed by atoms with Crippen molar-refractivity contribution in [2.45, 2.75) is 25.5 Å². The molecular weight excluding hydrogens is 434 g/mol. The van der Waals surface area contributed by atoms with Gasteiger partial charge in [0.15, 0.2) is 5.16 Å². The highest BCUT2D eigenvalue weighted by atomic mass is 79.9. The molecule has 1 amide bonds. The number of carbonyl (C=O) groups excluding carboxylic acids is 1. The molecule has 3 rings (SSSR count). The fraction of sp³-hybridized carbons (Fsp3) is 0.278. The van der Waals surface area contributed by atoms with Gasteiger partial charge in [0.1, 0.15) is 4.70 Å². The van der Waals surface area contributed by atoms with E-state index < -0.39 is 0 Å². The van der Waals surface area contributed by atoms with E-state index in [0.29, 0.717) is 27.8 Å². The maximum Gasteiger partial charge on any atom is 0.272 e. The number of thiophene rings is 1. The van der Waals surface area contributed by atoms with Crippen molar-refractivity contribution in [2.24, 2.45) is 5.92 Å². The number of benzene rings is 1. The number of amides is 1. The number of aromatic nitrogens is 2. The average molecular weight is 452 g/mol. The number of fused-ring (bicyclic) bond motifs is 1. The van der Waals surface area contributed by atoms with Gasteiger partial charge in [-0.25, -0.2) is 4.98 Å². The minimum Gasteiger partial charge on any atom is -0.324 e. The molecule has 0 saturated carbocycles. The van der Waals surface area contributed by atoms with Crippen LogP contribution in [0.1, 0.15) is 13.8 Å². The quantitative estimate of drug-likeness (QED) is 0.438. The second-order valence-electron chi connectivity index (χ2n) is 6.16. The standard InChI is InChI=1S/C18H18BrN3O2S2/c1-11(2)9-22-17(24)16-14(7-8-25-16)21-18(22)26-10-15(23)20-13-6-4-3-5-12(13)19/h3-8,11H,9-10H2,1-2H3,(H,20,23). The third-order valence-electron chi connectivity index (χ3n) is 3.56. The third kappa shape index (κ3) is 4.36. The topological polar surface area (TPSA) is 64.0 Å². The van der Waals surface area contributed by atoms with Crippen molar-refractivity contribution in [3.05, 3.63) is 50.5 Å². The molecule has 0 aliphatic rings. The summed E-state index contributed by atoms with van der Waals surface area (Å²) >= 11 is 6.10. The van der Waals surface area contributed by atoms with E-state index in [4.69, 9.17) is 0 Å². The Kier molecular flexibility index (Phi) is 6.16. The molecule has 0 saturated heterocycles. The number of thioether (sulfide) groups is 1. The maximum absolute atomic E-state index is 12.7. The average Bonchev–Trinajstić information content (AvgIpc) is 3.06. The maximum atomic E-state index is 12.7. The minimum atomic E-state index is -0.141. The zero-order valence-electron chi connectivity index (χ0n) is 14.4. The first-order chi connectivity index (χ1) is 12.5. The van der Waals surface area contributed by atoms with Crippen LogP contribution in [0, 0.1) is 5.92 Å². The monoisotopic (exact) mass is 451 g/mol. The fourth-order valence-electron chi connectivity index (χ4n) is 2.44. The van der Waals surface area contributed by atoms with Crippen molar-refractivity contribution in [2.75, 3.05) is 11.1 Å². The summed E-state index contributed by atoms with van der Waals surface area (Å²) in [5.74, 6) is 0.347. The lowest BCUT2D eigenvalue weighted by Gasteiger charge is -2.14. The van der Waals surface area contributed by atoms with Crippen molar-refractivity contribution in [1.82, 2.24) is 9.55 Å². The molecule has 1 N–H and O–H groups in total. The Hall–Kier alpha value is -1.64. The molecular formula is C18H18BrN3O2S2. The number of para-hydroxylation sites is 1. The molecule has 0 spiro atoms. The number of halogens is 1. The predicted molar refractivity (Wildman–Crippen MR) is 112 cm³/mol. The van der Waals surface area contributed by atoms with Crippen molar-refractivity contribution in [3.63, 3.8) is 0 Å². The summed E-state index contributed by atoms with van der Waals surface area (Å²) in [4.78, 5) is 29.6. The van der Waals surface area contributed by atoms with Gasteiger partial charge in [-0.05, 0) is 45.4 Å². The predicted octanol–water partition coefficient (Wildman–Crippen LogP) is 4.61. The van der Waals surface area contributed by atoms with Gasteiger partial charge < -0.3 is 5.32 Å². The number of anilines is 1. The minimum absolute atomic E-state index is 0.0348. The van der Waals surface area contributed by atoms with Crippen molar-refractivity contribution >= 4 is 60.8 Å². The van der Waals surface area contributed by atoms with E-state index in [2.05, 4.69) is 40.1 Å². The molecule has 26 heavy (non-hydrogen) atoms. The van der Waals surface area contributed by atoms with Crippen molar-refractivity contribution in [1.29, 1.82) is 0 Å². The molecule has 0 bridgehead atoms. The largest absolute Gasteiger partial charge is 0.324 e. The lowest BCUT2D eigenvalue weighted by Crippen LogP contribution is -2.25. The Bertz CT molecular complexity index is 998.